The average Bonchev–Trinajstić information content (AvgIpc) is 2.34. The van der Waals surface area contributed by atoms with E-state index in [1.807, 2.05) is 13.8 Å². The lowest BCUT2D eigenvalue weighted by Crippen LogP contribution is -2.46. The quantitative estimate of drug-likeness (QED) is 0.646. The standard InChI is InChI=1S/C11H22N2O5S/c1-9(2)18-8-5-12-19(16,17)13-6-3-10(4-7-13)11(14)15/h9-10,12H,3-8H2,1-2H3,(H,14,15). The van der Waals surface area contributed by atoms with Crippen LogP contribution in [0.5, 0.6) is 0 Å². The minimum absolute atomic E-state index is 0.0656. The van der Waals surface area contributed by atoms with Gasteiger partial charge < -0.3 is 9.84 Å². The zero-order chi connectivity index (χ0) is 14.5. The number of nitrogens with one attached hydrogen (secondary N) is 1. The van der Waals surface area contributed by atoms with Crippen molar-refractivity contribution >= 4 is 16.2 Å². The van der Waals surface area contributed by atoms with Gasteiger partial charge in [0, 0.05) is 19.6 Å². The zero-order valence-corrected chi connectivity index (χ0v) is 12.1. The van der Waals surface area contributed by atoms with Crippen molar-refractivity contribution in [2.75, 3.05) is 26.2 Å². The van der Waals surface area contributed by atoms with Crippen molar-refractivity contribution in [2.24, 2.45) is 5.92 Å². The molecule has 112 valence electrons. The van der Waals surface area contributed by atoms with Gasteiger partial charge >= 0.3 is 5.97 Å². The molecular formula is C11H22N2O5S. The van der Waals surface area contributed by atoms with Crippen LogP contribution in [0.1, 0.15) is 26.7 Å². The molecule has 7 nitrogen and oxygen atoms in total. The third-order valence-electron chi connectivity index (χ3n) is 2.98. The minimum atomic E-state index is -3.52. The lowest BCUT2D eigenvalue weighted by atomic mass is 9.99. The molecule has 0 atom stereocenters. The highest BCUT2D eigenvalue weighted by molar-refractivity contribution is 7.87. The first kappa shape index (κ1) is 16.4. The molecule has 19 heavy (non-hydrogen) atoms. The Morgan fingerprint density at radius 3 is 2.47 bits per heavy atom. The third kappa shape index (κ3) is 5.43. The van der Waals surface area contributed by atoms with E-state index in [0.29, 0.717) is 19.4 Å². The van der Waals surface area contributed by atoms with Gasteiger partial charge in [-0.3, -0.25) is 4.79 Å². The van der Waals surface area contributed by atoms with Gasteiger partial charge in [-0.15, -0.1) is 0 Å². The molecule has 1 aliphatic rings. The van der Waals surface area contributed by atoms with Crippen molar-refractivity contribution in [1.29, 1.82) is 0 Å². The first-order valence-electron chi connectivity index (χ1n) is 6.42. The number of carboxylic acids is 1. The summed E-state index contributed by atoms with van der Waals surface area (Å²) in [6.45, 7) is 4.80. The number of hydrogen-bond acceptors (Lipinski definition) is 4. The highest BCUT2D eigenvalue weighted by Gasteiger charge is 2.30. The smallest absolute Gasteiger partial charge is 0.306 e. The molecule has 1 rings (SSSR count). The Labute approximate surface area is 114 Å². The van der Waals surface area contributed by atoms with Crippen LogP contribution in [0.2, 0.25) is 0 Å². The molecule has 0 radical (unpaired) electrons. The molecule has 1 aliphatic heterocycles. The van der Waals surface area contributed by atoms with E-state index in [-0.39, 0.29) is 25.7 Å². The maximum atomic E-state index is 11.9. The van der Waals surface area contributed by atoms with E-state index in [2.05, 4.69) is 4.72 Å². The average molecular weight is 294 g/mol. The molecule has 1 fully saturated rings. The Hall–Kier alpha value is -0.700. The normalized spacial score (nSPS) is 18.9. The van der Waals surface area contributed by atoms with Crippen LogP contribution >= 0.6 is 0 Å². The summed E-state index contributed by atoms with van der Waals surface area (Å²) in [4.78, 5) is 10.8. The van der Waals surface area contributed by atoms with E-state index < -0.39 is 22.1 Å². The first-order chi connectivity index (χ1) is 8.83. The zero-order valence-electron chi connectivity index (χ0n) is 11.3. The fourth-order valence-corrected chi connectivity index (χ4v) is 3.12. The van der Waals surface area contributed by atoms with E-state index >= 15 is 0 Å². The van der Waals surface area contributed by atoms with E-state index in [9.17, 15) is 13.2 Å². The molecule has 0 spiro atoms. The molecule has 1 saturated heterocycles. The minimum Gasteiger partial charge on any atom is -0.481 e. The van der Waals surface area contributed by atoms with Gasteiger partial charge in [-0.2, -0.15) is 17.4 Å². The molecule has 0 aromatic rings. The second kappa shape index (κ2) is 7.18. The predicted molar refractivity (Wildman–Crippen MR) is 69.9 cm³/mol. The summed E-state index contributed by atoms with van der Waals surface area (Å²) >= 11 is 0. The molecule has 0 unspecified atom stereocenters. The van der Waals surface area contributed by atoms with Crippen LogP contribution in [0.3, 0.4) is 0 Å². The summed E-state index contributed by atoms with van der Waals surface area (Å²) in [6, 6.07) is 0. The van der Waals surface area contributed by atoms with E-state index in [4.69, 9.17) is 9.84 Å². The molecule has 8 heteroatoms. The topological polar surface area (TPSA) is 95.9 Å². The van der Waals surface area contributed by atoms with Gasteiger partial charge in [-0.1, -0.05) is 0 Å². The summed E-state index contributed by atoms with van der Waals surface area (Å²) in [6.07, 6.45) is 0.785. The SMILES string of the molecule is CC(C)OCCNS(=O)(=O)N1CCC(C(=O)O)CC1. The molecular weight excluding hydrogens is 272 g/mol. The molecule has 0 amide bonds. The van der Waals surface area contributed by atoms with Crippen LogP contribution in [0.15, 0.2) is 0 Å². The van der Waals surface area contributed by atoms with Gasteiger partial charge in [-0.25, -0.2) is 0 Å². The van der Waals surface area contributed by atoms with Crippen molar-refractivity contribution in [3.63, 3.8) is 0 Å². The number of aliphatic carboxylic acids is 1. The second-order valence-corrected chi connectivity index (χ2v) is 6.59. The predicted octanol–water partition coefficient (Wildman–Crippen LogP) is 0.0424. The van der Waals surface area contributed by atoms with Gasteiger partial charge in [0.1, 0.15) is 0 Å². The lowest BCUT2D eigenvalue weighted by Gasteiger charge is -2.29. The summed E-state index contributed by atoms with van der Waals surface area (Å²) < 4.78 is 32.8. The van der Waals surface area contributed by atoms with Gasteiger partial charge in [0.25, 0.3) is 10.2 Å². The van der Waals surface area contributed by atoms with Crippen molar-refractivity contribution in [3.05, 3.63) is 0 Å². The molecule has 0 aromatic heterocycles. The number of ether oxygens (including phenoxy) is 1. The molecule has 1 heterocycles. The van der Waals surface area contributed by atoms with Gasteiger partial charge in [-0.05, 0) is 26.7 Å². The largest absolute Gasteiger partial charge is 0.481 e. The number of carbonyl (C=O) groups is 1. The van der Waals surface area contributed by atoms with Gasteiger partial charge in [0.05, 0.1) is 18.6 Å². The number of nitrogens with zero attached hydrogens (tertiary/aromatic N) is 1. The van der Waals surface area contributed by atoms with Crippen LogP contribution in [0.25, 0.3) is 0 Å². The van der Waals surface area contributed by atoms with Crippen molar-refractivity contribution < 1.29 is 23.1 Å². The van der Waals surface area contributed by atoms with E-state index in [0.717, 1.165) is 0 Å². The number of carboxylic acid groups (broad SMARTS) is 1. The molecule has 0 saturated carbocycles. The van der Waals surface area contributed by atoms with E-state index in [1.165, 1.54) is 4.31 Å². The maximum Gasteiger partial charge on any atom is 0.306 e. The number of rotatable bonds is 7. The highest BCUT2D eigenvalue weighted by Crippen LogP contribution is 2.18. The third-order valence-corrected chi connectivity index (χ3v) is 4.59. The monoisotopic (exact) mass is 294 g/mol. The van der Waals surface area contributed by atoms with Gasteiger partial charge in [0.2, 0.25) is 0 Å². The maximum absolute atomic E-state index is 11.9. The van der Waals surface area contributed by atoms with Crippen LogP contribution in [0.4, 0.5) is 0 Å². The Morgan fingerprint density at radius 1 is 1.42 bits per heavy atom. The Bertz CT molecular complexity index is 388. The Morgan fingerprint density at radius 2 is 2.00 bits per heavy atom. The van der Waals surface area contributed by atoms with E-state index in [1.54, 1.807) is 0 Å². The Balaban J connectivity index is 2.36. The Kier molecular flexibility index (Phi) is 6.18. The summed E-state index contributed by atoms with van der Waals surface area (Å²) in [5.41, 5.74) is 0. The van der Waals surface area contributed by atoms with Crippen LogP contribution in [-0.2, 0) is 19.7 Å². The second-order valence-electron chi connectivity index (χ2n) is 4.83. The fourth-order valence-electron chi connectivity index (χ4n) is 1.90. The number of hydrogen-bond donors (Lipinski definition) is 2. The molecule has 2 N–H and O–H groups in total. The number of piperidine rings is 1. The van der Waals surface area contributed by atoms with Crippen molar-refractivity contribution in [2.45, 2.75) is 32.8 Å². The van der Waals surface area contributed by atoms with Crippen LogP contribution < -0.4 is 4.72 Å². The van der Waals surface area contributed by atoms with Crippen LogP contribution in [-0.4, -0.2) is 56.1 Å². The fraction of sp³-hybridized carbons (Fsp3) is 0.909. The van der Waals surface area contributed by atoms with Crippen LogP contribution in [0, 0.1) is 5.92 Å². The first-order valence-corrected chi connectivity index (χ1v) is 7.86. The highest BCUT2D eigenvalue weighted by atomic mass is 32.2. The lowest BCUT2D eigenvalue weighted by molar-refractivity contribution is -0.142. The molecule has 0 bridgehead atoms. The summed E-state index contributed by atoms with van der Waals surface area (Å²) in [5.74, 6) is -1.29. The molecule has 0 aromatic carbocycles. The summed E-state index contributed by atoms with van der Waals surface area (Å²) in [5, 5.41) is 8.85. The summed E-state index contributed by atoms with van der Waals surface area (Å²) in [7, 11) is -3.52. The van der Waals surface area contributed by atoms with Gasteiger partial charge in [0.15, 0.2) is 0 Å². The molecule has 0 aliphatic carbocycles. The van der Waals surface area contributed by atoms with Crippen molar-refractivity contribution in [3.8, 4) is 0 Å². The van der Waals surface area contributed by atoms with Crippen molar-refractivity contribution in [1.82, 2.24) is 9.03 Å².